The molecule has 0 aliphatic heterocycles. The van der Waals surface area contributed by atoms with Crippen LogP contribution in [0.2, 0.25) is 0 Å². The lowest BCUT2D eigenvalue weighted by atomic mass is 10.1. The van der Waals surface area contributed by atoms with Crippen molar-refractivity contribution < 1.29 is 13.2 Å². The molecule has 6 heteroatoms. The first-order chi connectivity index (χ1) is 11.7. The average Bonchev–Trinajstić information content (AvgIpc) is 2.56. The van der Waals surface area contributed by atoms with Crippen molar-refractivity contribution in [2.45, 2.75) is 31.2 Å². The fraction of sp³-hybridized carbons (Fsp3) is 0.316. The standard InChI is InChI=1S/C19H24N2O3S/c1-14-5-7-16(8-6-14)13-19(22)20-15(2)17-9-11-18(12-10-17)25(23,24)21(3)4/h5-12,15H,13H2,1-4H3,(H,20,22). The Bertz CT molecular complexity index is 826. The van der Waals surface area contributed by atoms with Crippen molar-refractivity contribution in [2.75, 3.05) is 14.1 Å². The molecule has 1 unspecified atom stereocenters. The van der Waals surface area contributed by atoms with E-state index < -0.39 is 10.0 Å². The largest absolute Gasteiger partial charge is 0.349 e. The summed E-state index contributed by atoms with van der Waals surface area (Å²) in [7, 11) is -0.446. The third-order valence-electron chi connectivity index (χ3n) is 4.02. The second kappa shape index (κ2) is 7.80. The molecule has 2 aromatic rings. The van der Waals surface area contributed by atoms with Crippen LogP contribution in [-0.2, 0) is 21.2 Å². The summed E-state index contributed by atoms with van der Waals surface area (Å²) in [6.45, 7) is 3.88. The number of hydrogen-bond donors (Lipinski definition) is 1. The van der Waals surface area contributed by atoms with Crippen molar-refractivity contribution in [3.8, 4) is 0 Å². The minimum Gasteiger partial charge on any atom is -0.349 e. The molecule has 0 spiro atoms. The van der Waals surface area contributed by atoms with Crippen molar-refractivity contribution in [1.29, 1.82) is 0 Å². The van der Waals surface area contributed by atoms with Crippen LogP contribution in [-0.4, -0.2) is 32.7 Å². The molecule has 0 saturated heterocycles. The molecule has 1 amide bonds. The molecule has 0 radical (unpaired) electrons. The molecule has 0 aliphatic carbocycles. The number of amides is 1. The smallest absolute Gasteiger partial charge is 0.242 e. The monoisotopic (exact) mass is 360 g/mol. The van der Waals surface area contributed by atoms with Gasteiger partial charge in [-0.15, -0.1) is 0 Å². The fourth-order valence-electron chi connectivity index (χ4n) is 2.41. The van der Waals surface area contributed by atoms with Gasteiger partial charge in [-0.05, 0) is 37.1 Å². The highest BCUT2D eigenvalue weighted by molar-refractivity contribution is 7.89. The van der Waals surface area contributed by atoms with Crippen LogP contribution in [0.25, 0.3) is 0 Å². The molecular weight excluding hydrogens is 336 g/mol. The van der Waals surface area contributed by atoms with Gasteiger partial charge in [-0.1, -0.05) is 42.0 Å². The van der Waals surface area contributed by atoms with Gasteiger partial charge in [0.15, 0.2) is 0 Å². The summed E-state index contributed by atoms with van der Waals surface area (Å²) in [6, 6.07) is 14.2. The molecule has 25 heavy (non-hydrogen) atoms. The van der Waals surface area contributed by atoms with Crippen molar-refractivity contribution in [3.05, 3.63) is 65.2 Å². The lowest BCUT2D eigenvalue weighted by Crippen LogP contribution is -2.28. The molecule has 2 rings (SSSR count). The highest BCUT2D eigenvalue weighted by atomic mass is 32.2. The maximum Gasteiger partial charge on any atom is 0.242 e. The summed E-state index contributed by atoms with van der Waals surface area (Å²) in [5.74, 6) is -0.0682. The summed E-state index contributed by atoms with van der Waals surface area (Å²) < 4.78 is 25.3. The second-order valence-corrected chi connectivity index (χ2v) is 8.46. The van der Waals surface area contributed by atoms with Crippen molar-refractivity contribution in [1.82, 2.24) is 9.62 Å². The van der Waals surface area contributed by atoms with Crippen LogP contribution in [0.1, 0.15) is 29.7 Å². The normalized spacial score (nSPS) is 12.8. The summed E-state index contributed by atoms with van der Waals surface area (Å²) in [5, 5.41) is 2.94. The van der Waals surface area contributed by atoms with Gasteiger partial charge in [0, 0.05) is 14.1 Å². The van der Waals surface area contributed by atoms with Crippen molar-refractivity contribution in [2.24, 2.45) is 0 Å². The quantitative estimate of drug-likeness (QED) is 0.861. The molecule has 0 saturated carbocycles. The van der Waals surface area contributed by atoms with Crippen LogP contribution in [0, 0.1) is 6.92 Å². The Kier molecular flexibility index (Phi) is 5.98. The number of sulfonamides is 1. The molecule has 0 heterocycles. The van der Waals surface area contributed by atoms with Gasteiger partial charge in [-0.25, -0.2) is 12.7 Å². The highest BCUT2D eigenvalue weighted by Crippen LogP contribution is 2.18. The van der Waals surface area contributed by atoms with E-state index in [1.807, 2.05) is 38.1 Å². The lowest BCUT2D eigenvalue weighted by Gasteiger charge is -2.16. The van der Waals surface area contributed by atoms with Gasteiger partial charge in [0.05, 0.1) is 17.4 Å². The molecule has 1 N–H and O–H groups in total. The number of aryl methyl sites for hydroxylation is 1. The van der Waals surface area contributed by atoms with E-state index in [0.717, 1.165) is 16.7 Å². The van der Waals surface area contributed by atoms with Crippen LogP contribution in [0.15, 0.2) is 53.4 Å². The maximum atomic E-state index is 12.2. The van der Waals surface area contributed by atoms with Gasteiger partial charge in [0.1, 0.15) is 0 Å². The van der Waals surface area contributed by atoms with Crippen LogP contribution < -0.4 is 5.32 Å². The topological polar surface area (TPSA) is 66.5 Å². The Morgan fingerprint density at radius 2 is 1.60 bits per heavy atom. The van der Waals surface area contributed by atoms with E-state index in [1.54, 1.807) is 24.3 Å². The molecule has 0 aromatic heterocycles. The van der Waals surface area contributed by atoms with E-state index in [4.69, 9.17) is 0 Å². The second-order valence-electron chi connectivity index (χ2n) is 6.31. The third kappa shape index (κ3) is 4.90. The Morgan fingerprint density at radius 3 is 2.12 bits per heavy atom. The predicted molar refractivity (Wildman–Crippen MR) is 98.8 cm³/mol. The number of nitrogens with zero attached hydrogens (tertiary/aromatic N) is 1. The number of benzene rings is 2. The van der Waals surface area contributed by atoms with Gasteiger partial charge >= 0.3 is 0 Å². The van der Waals surface area contributed by atoms with E-state index in [0.29, 0.717) is 6.42 Å². The van der Waals surface area contributed by atoms with Crippen LogP contribution in [0.5, 0.6) is 0 Å². The lowest BCUT2D eigenvalue weighted by molar-refractivity contribution is -0.121. The number of carbonyl (C=O) groups excluding carboxylic acids is 1. The Balaban J connectivity index is 2.02. The molecule has 0 aliphatic rings. The molecule has 0 fully saturated rings. The van der Waals surface area contributed by atoms with E-state index >= 15 is 0 Å². The van der Waals surface area contributed by atoms with Crippen LogP contribution >= 0.6 is 0 Å². The molecule has 134 valence electrons. The fourth-order valence-corrected chi connectivity index (χ4v) is 3.31. The van der Waals surface area contributed by atoms with Gasteiger partial charge < -0.3 is 5.32 Å². The first-order valence-corrected chi connectivity index (χ1v) is 9.51. The first-order valence-electron chi connectivity index (χ1n) is 8.07. The zero-order valence-corrected chi connectivity index (χ0v) is 15.8. The predicted octanol–water partition coefficient (Wildman–Crippen LogP) is 2.67. The number of nitrogens with one attached hydrogen (secondary N) is 1. The Labute approximate surface area is 149 Å². The molecule has 1 atom stereocenters. The van der Waals surface area contributed by atoms with Gasteiger partial charge in [0.25, 0.3) is 0 Å². The van der Waals surface area contributed by atoms with Crippen LogP contribution in [0.4, 0.5) is 0 Å². The molecule has 5 nitrogen and oxygen atoms in total. The van der Waals surface area contributed by atoms with Gasteiger partial charge in [-0.2, -0.15) is 0 Å². The Morgan fingerprint density at radius 1 is 1.04 bits per heavy atom. The SMILES string of the molecule is Cc1ccc(CC(=O)NC(C)c2ccc(S(=O)(=O)N(C)C)cc2)cc1. The van der Waals surface area contributed by atoms with E-state index in [-0.39, 0.29) is 16.8 Å². The van der Waals surface area contributed by atoms with E-state index in [2.05, 4.69) is 5.32 Å². The Hall–Kier alpha value is -2.18. The van der Waals surface area contributed by atoms with E-state index in [9.17, 15) is 13.2 Å². The molecule has 2 aromatic carbocycles. The highest BCUT2D eigenvalue weighted by Gasteiger charge is 2.17. The minimum absolute atomic E-state index is 0.0682. The maximum absolute atomic E-state index is 12.2. The molecular formula is C19H24N2O3S. The number of carbonyl (C=O) groups is 1. The van der Waals surface area contributed by atoms with E-state index in [1.165, 1.54) is 18.4 Å². The first kappa shape index (κ1) is 19.1. The third-order valence-corrected chi connectivity index (χ3v) is 5.85. The number of rotatable bonds is 6. The zero-order valence-electron chi connectivity index (χ0n) is 15.0. The molecule has 0 bridgehead atoms. The van der Waals surface area contributed by atoms with Crippen LogP contribution in [0.3, 0.4) is 0 Å². The summed E-state index contributed by atoms with van der Waals surface area (Å²) in [6.07, 6.45) is 0.317. The van der Waals surface area contributed by atoms with Gasteiger partial charge in [0.2, 0.25) is 15.9 Å². The summed E-state index contributed by atoms with van der Waals surface area (Å²) in [4.78, 5) is 12.4. The van der Waals surface area contributed by atoms with Crippen molar-refractivity contribution >= 4 is 15.9 Å². The average molecular weight is 360 g/mol. The van der Waals surface area contributed by atoms with Gasteiger partial charge in [-0.3, -0.25) is 4.79 Å². The number of hydrogen-bond acceptors (Lipinski definition) is 3. The zero-order chi connectivity index (χ0) is 18.6. The minimum atomic E-state index is -3.44. The summed E-state index contributed by atoms with van der Waals surface area (Å²) >= 11 is 0. The van der Waals surface area contributed by atoms with Crippen molar-refractivity contribution in [3.63, 3.8) is 0 Å². The summed E-state index contributed by atoms with van der Waals surface area (Å²) in [5.41, 5.74) is 2.97.